The molecule has 0 radical (unpaired) electrons. The van der Waals surface area contributed by atoms with Crippen molar-refractivity contribution in [3.05, 3.63) is 73.0 Å². The van der Waals surface area contributed by atoms with Crippen molar-refractivity contribution in [1.82, 2.24) is 19.4 Å². The van der Waals surface area contributed by atoms with Crippen LogP contribution in [0.25, 0.3) is 33.3 Å². The fourth-order valence-corrected chi connectivity index (χ4v) is 4.02. The molecule has 1 aromatic carbocycles. The molecular weight excluding hydrogens is 384 g/mol. The lowest BCUT2D eigenvalue weighted by Crippen LogP contribution is -2.12. The van der Waals surface area contributed by atoms with Gasteiger partial charge >= 0.3 is 0 Å². The second-order valence-electron chi connectivity index (χ2n) is 7.87. The molecule has 0 spiro atoms. The summed E-state index contributed by atoms with van der Waals surface area (Å²) in [5.74, 6) is 2.05. The molecule has 0 unspecified atom stereocenters. The topological polar surface area (TPSA) is 81.5 Å². The Labute approximate surface area is 180 Å². The van der Waals surface area contributed by atoms with Crippen LogP contribution in [0.5, 0.6) is 0 Å². The predicted octanol–water partition coefficient (Wildman–Crippen LogP) is 5.06. The highest BCUT2D eigenvalue weighted by Crippen LogP contribution is 2.39. The highest BCUT2D eigenvalue weighted by molar-refractivity contribution is 5.91. The van der Waals surface area contributed by atoms with E-state index in [1.165, 1.54) is 19.3 Å². The molecular formula is C25H24N6. The highest BCUT2D eigenvalue weighted by Gasteiger charge is 2.26. The first kappa shape index (κ1) is 19.2. The number of fused-ring (bicyclic) bond motifs is 2. The van der Waals surface area contributed by atoms with Crippen LogP contribution in [0, 0.1) is 0 Å². The van der Waals surface area contributed by atoms with Crippen LogP contribution in [0.2, 0.25) is 0 Å². The van der Waals surface area contributed by atoms with Gasteiger partial charge in [0.2, 0.25) is 0 Å². The molecule has 0 bridgehead atoms. The van der Waals surface area contributed by atoms with Crippen molar-refractivity contribution in [2.45, 2.75) is 25.2 Å². The van der Waals surface area contributed by atoms with Crippen molar-refractivity contribution in [1.29, 1.82) is 0 Å². The second kappa shape index (κ2) is 7.80. The molecule has 1 saturated carbocycles. The number of aliphatic imine (C=N–C) groups is 1. The molecule has 31 heavy (non-hydrogen) atoms. The van der Waals surface area contributed by atoms with Crippen molar-refractivity contribution >= 4 is 34.0 Å². The number of nitrogen functional groups attached to an aromatic ring is 1. The zero-order valence-electron chi connectivity index (χ0n) is 17.5. The monoisotopic (exact) mass is 408 g/mol. The minimum atomic E-state index is 0.481. The zero-order chi connectivity index (χ0) is 21.4. The van der Waals surface area contributed by atoms with E-state index >= 15 is 0 Å². The first-order valence-corrected chi connectivity index (χ1v) is 10.5. The lowest BCUT2D eigenvalue weighted by atomic mass is 9.85. The largest absolute Gasteiger partial charge is 0.382 e. The fourth-order valence-electron chi connectivity index (χ4n) is 4.02. The smallest absolute Gasteiger partial charge is 0.150 e. The Hall–Kier alpha value is -3.80. The van der Waals surface area contributed by atoms with Gasteiger partial charge in [0.1, 0.15) is 22.9 Å². The number of hydrogen-bond acceptors (Lipinski definition) is 5. The number of rotatable bonds is 5. The van der Waals surface area contributed by atoms with Gasteiger partial charge < -0.3 is 5.73 Å². The molecule has 5 rings (SSSR count). The first-order valence-electron chi connectivity index (χ1n) is 10.5. The van der Waals surface area contributed by atoms with Crippen LogP contribution in [0.3, 0.4) is 0 Å². The van der Waals surface area contributed by atoms with Gasteiger partial charge in [-0.15, -0.1) is 0 Å². The fraction of sp³-hybridized carbons (Fsp3) is 0.200. The number of pyridine rings is 1. The molecule has 1 aliphatic rings. The van der Waals surface area contributed by atoms with Gasteiger partial charge in [0.05, 0.1) is 11.2 Å². The van der Waals surface area contributed by atoms with Gasteiger partial charge in [0.15, 0.2) is 0 Å². The Balaban J connectivity index is 1.62. The van der Waals surface area contributed by atoms with Gasteiger partial charge in [0.25, 0.3) is 0 Å². The third-order valence-corrected chi connectivity index (χ3v) is 5.91. The molecule has 3 heterocycles. The molecule has 0 aliphatic heterocycles. The van der Waals surface area contributed by atoms with Crippen molar-refractivity contribution in [2.75, 3.05) is 12.8 Å². The molecule has 3 aromatic heterocycles. The lowest BCUT2D eigenvalue weighted by molar-refractivity contribution is 0.400. The van der Waals surface area contributed by atoms with Crippen LogP contribution in [0.4, 0.5) is 5.82 Å². The number of hydrogen-bond donors (Lipinski definition) is 1. The summed E-state index contributed by atoms with van der Waals surface area (Å²) < 4.78 is 2.11. The van der Waals surface area contributed by atoms with E-state index in [1.807, 2.05) is 24.4 Å². The Morgan fingerprint density at radius 2 is 2.06 bits per heavy atom. The van der Waals surface area contributed by atoms with Gasteiger partial charge in [0, 0.05) is 42.5 Å². The molecule has 0 atom stereocenters. The maximum Gasteiger partial charge on any atom is 0.150 e. The van der Waals surface area contributed by atoms with Gasteiger partial charge in [-0.25, -0.2) is 15.0 Å². The molecule has 0 saturated heterocycles. The molecule has 0 amide bonds. The van der Waals surface area contributed by atoms with E-state index < -0.39 is 0 Å². The summed E-state index contributed by atoms with van der Waals surface area (Å²) >= 11 is 0. The van der Waals surface area contributed by atoms with E-state index in [-0.39, 0.29) is 0 Å². The molecule has 6 heteroatoms. The van der Waals surface area contributed by atoms with E-state index in [0.717, 1.165) is 44.8 Å². The lowest BCUT2D eigenvalue weighted by Gasteiger charge is -2.23. The van der Waals surface area contributed by atoms with Gasteiger partial charge in [-0.2, -0.15) is 0 Å². The number of allylic oxidation sites excluding steroid dienone is 3. The van der Waals surface area contributed by atoms with Crippen molar-refractivity contribution < 1.29 is 0 Å². The minimum absolute atomic E-state index is 0.481. The summed E-state index contributed by atoms with van der Waals surface area (Å²) in [7, 11) is 1.74. The van der Waals surface area contributed by atoms with Crippen LogP contribution >= 0.6 is 0 Å². The minimum Gasteiger partial charge on any atom is -0.382 e. The van der Waals surface area contributed by atoms with Crippen molar-refractivity contribution in [3.8, 4) is 11.3 Å². The summed E-state index contributed by atoms with van der Waals surface area (Å²) in [6.07, 6.45) is 12.8. The summed E-state index contributed by atoms with van der Waals surface area (Å²) in [6, 6.07) is 10.3. The number of imidazole rings is 1. The Kier molecular flexibility index (Phi) is 4.82. The normalized spacial score (nSPS) is 14.7. The Morgan fingerprint density at radius 3 is 2.84 bits per heavy atom. The number of benzene rings is 1. The van der Waals surface area contributed by atoms with Crippen LogP contribution in [-0.4, -0.2) is 32.6 Å². The maximum absolute atomic E-state index is 6.28. The summed E-state index contributed by atoms with van der Waals surface area (Å²) in [6.45, 7) is 4.12. The van der Waals surface area contributed by atoms with Crippen LogP contribution in [-0.2, 0) is 0 Å². The third-order valence-electron chi connectivity index (χ3n) is 5.91. The highest BCUT2D eigenvalue weighted by atomic mass is 15.1. The molecule has 4 aromatic rings. The molecule has 154 valence electrons. The van der Waals surface area contributed by atoms with Gasteiger partial charge in [-0.1, -0.05) is 37.3 Å². The van der Waals surface area contributed by atoms with Crippen LogP contribution in [0.15, 0.2) is 66.4 Å². The average molecular weight is 409 g/mol. The van der Waals surface area contributed by atoms with Crippen LogP contribution < -0.4 is 5.73 Å². The standard InChI is InChI=1S/C25H24N6/c1-16(5-4-12-27-2)20-11-10-17-8-9-19(15-21(17)29-20)22-23-24(26)28-13-14-31(23)25(30-22)18-6-3-7-18/h4-5,8-15,18H,1,3,6-7H2,2H3,(H2,26,28)/b5-4-,27-12-. The number of aromatic nitrogens is 4. The Bertz CT molecular complexity index is 1360. The summed E-state index contributed by atoms with van der Waals surface area (Å²) in [5.41, 5.74) is 11.6. The summed E-state index contributed by atoms with van der Waals surface area (Å²) in [5, 5.41) is 1.06. The first-order chi connectivity index (χ1) is 15.2. The molecule has 1 aliphatic carbocycles. The van der Waals surface area contributed by atoms with E-state index in [9.17, 15) is 0 Å². The van der Waals surface area contributed by atoms with Gasteiger partial charge in [-0.3, -0.25) is 9.39 Å². The average Bonchev–Trinajstić information content (AvgIpc) is 3.12. The summed E-state index contributed by atoms with van der Waals surface area (Å²) in [4.78, 5) is 18.1. The maximum atomic E-state index is 6.28. The quantitative estimate of drug-likeness (QED) is 0.369. The SMILES string of the molecule is C=C(/C=C\C=N/C)c1ccc2ccc(-c3nc(C4CCC4)n4ccnc(N)c34)cc2n1. The molecule has 2 N–H and O–H groups in total. The van der Waals surface area contributed by atoms with E-state index in [2.05, 4.69) is 45.2 Å². The van der Waals surface area contributed by atoms with E-state index in [4.69, 9.17) is 15.7 Å². The predicted molar refractivity (Wildman–Crippen MR) is 127 cm³/mol. The number of nitrogens with two attached hydrogens (primary N) is 1. The Morgan fingerprint density at radius 1 is 1.23 bits per heavy atom. The third kappa shape index (κ3) is 3.40. The zero-order valence-corrected chi connectivity index (χ0v) is 17.5. The van der Waals surface area contributed by atoms with Gasteiger partial charge in [-0.05, 0) is 36.6 Å². The number of anilines is 1. The van der Waals surface area contributed by atoms with Crippen molar-refractivity contribution in [2.24, 2.45) is 4.99 Å². The second-order valence-corrected chi connectivity index (χ2v) is 7.87. The number of nitrogens with zero attached hydrogens (tertiary/aromatic N) is 5. The van der Waals surface area contributed by atoms with Crippen LogP contribution in [0.1, 0.15) is 36.7 Å². The van der Waals surface area contributed by atoms with E-state index in [0.29, 0.717) is 11.7 Å². The van der Waals surface area contributed by atoms with Crippen molar-refractivity contribution in [3.63, 3.8) is 0 Å². The molecule has 1 fully saturated rings. The van der Waals surface area contributed by atoms with E-state index in [1.54, 1.807) is 19.5 Å². The molecule has 6 nitrogen and oxygen atoms in total.